The van der Waals surface area contributed by atoms with Crippen molar-refractivity contribution in [1.82, 2.24) is 0 Å². The molecule has 0 saturated heterocycles. The molecule has 90 valence electrons. The second-order valence-electron chi connectivity index (χ2n) is 4.19. The molecule has 0 saturated carbocycles. The molecule has 2 nitrogen and oxygen atoms in total. The number of nitrogens with one attached hydrogen (secondary N) is 1. The summed E-state index contributed by atoms with van der Waals surface area (Å²) in [5.74, 6) is 0. The van der Waals surface area contributed by atoms with E-state index in [1.165, 1.54) is 24.2 Å². The number of benzene rings is 1. The Morgan fingerprint density at radius 2 is 1.75 bits per heavy atom. The van der Waals surface area contributed by atoms with Gasteiger partial charge in [0.05, 0.1) is 11.4 Å². The summed E-state index contributed by atoms with van der Waals surface area (Å²) in [4.78, 5) is 2.27. The molecule has 0 radical (unpaired) electrons. The Bertz CT molecular complexity index is 305. The predicted octanol–water partition coefficient (Wildman–Crippen LogP) is 3.74. The van der Waals surface area contributed by atoms with E-state index in [1.807, 2.05) is 0 Å². The largest absolute Gasteiger partial charge is 0.381 e. The smallest absolute Gasteiger partial charge is 0.0599 e. The van der Waals surface area contributed by atoms with E-state index in [4.69, 9.17) is 0 Å². The van der Waals surface area contributed by atoms with Gasteiger partial charge >= 0.3 is 0 Å². The summed E-state index contributed by atoms with van der Waals surface area (Å²) in [6.45, 7) is 7.66. The fraction of sp³-hybridized carbons (Fsp3) is 0.571. The van der Waals surface area contributed by atoms with Crippen molar-refractivity contribution in [3.63, 3.8) is 0 Å². The summed E-state index contributed by atoms with van der Waals surface area (Å²) in [5, 5.41) is 3.62. The van der Waals surface area contributed by atoms with Gasteiger partial charge in [-0.2, -0.15) is 0 Å². The zero-order valence-corrected chi connectivity index (χ0v) is 11.0. The Kier molecular flexibility index (Phi) is 5.17. The molecule has 0 aliphatic carbocycles. The van der Waals surface area contributed by atoms with Gasteiger partial charge in [0, 0.05) is 19.6 Å². The fourth-order valence-corrected chi connectivity index (χ4v) is 1.81. The second-order valence-corrected chi connectivity index (χ2v) is 4.19. The lowest BCUT2D eigenvalue weighted by atomic mass is 10.1. The molecule has 0 heterocycles. The van der Waals surface area contributed by atoms with Gasteiger partial charge in [0.15, 0.2) is 0 Å². The topological polar surface area (TPSA) is 15.3 Å². The first-order valence-corrected chi connectivity index (χ1v) is 6.29. The van der Waals surface area contributed by atoms with Gasteiger partial charge in [-0.25, -0.2) is 0 Å². The number of nitrogens with zero attached hydrogens (tertiary/aromatic N) is 1. The van der Waals surface area contributed by atoms with Crippen molar-refractivity contribution in [2.24, 2.45) is 0 Å². The van der Waals surface area contributed by atoms with Crippen LogP contribution in [0.1, 0.15) is 33.6 Å². The zero-order chi connectivity index (χ0) is 12.0. The Morgan fingerprint density at radius 3 is 2.31 bits per heavy atom. The predicted molar refractivity (Wildman–Crippen MR) is 73.4 cm³/mol. The van der Waals surface area contributed by atoms with E-state index in [0.29, 0.717) is 6.04 Å². The third-order valence-electron chi connectivity index (χ3n) is 3.13. The number of hydrogen-bond donors (Lipinski definition) is 1. The lowest BCUT2D eigenvalue weighted by molar-refractivity contribution is 0.671. The molecule has 0 bridgehead atoms. The average molecular weight is 220 g/mol. The van der Waals surface area contributed by atoms with Crippen LogP contribution >= 0.6 is 0 Å². The number of anilines is 2. The molecule has 1 N–H and O–H groups in total. The van der Waals surface area contributed by atoms with Gasteiger partial charge in [0.1, 0.15) is 0 Å². The van der Waals surface area contributed by atoms with Crippen LogP contribution in [-0.2, 0) is 0 Å². The lowest BCUT2D eigenvalue weighted by Gasteiger charge is -2.24. The molecular formula is C14H24N2. The molecule has 1 rings (SSSR count). The van der Waals surface area contributed by atoms with Gasteiger partial charge in [-0.1, -0.05) is 26.0 Å². The summed E-state index contributed by atoms with van der Waals surface area (Å²) in [5.41, 5.74) is 2.54. The minimum absolute atomic E-state index is 0.575. The molecule has 0 atom stereocenters. The Hall–Kier alpha value is -1.18. The highest BCUT2D eigenvalue weighted by atomic mass is 15.1. The van der Waals surface area contributed by atoms with Gasteiger partial charge in [-0.15, -0.1) is 0 Å². The maximum Gasteiger partial charge on any atom is 0.0599 e. The Labute approximate surface area is 99.7 Å². The highest BCUT2D eigenvalue weighted by molar-refractivity contribution is 5.69. The third kappa shape index (κ3) is 3.16. The minimum Gasteiger partial charge on any atom is -0.381 e. The van der Waals surface area contributed by atoms with Crippen molar-refractivity contribution in [3.05, 3.63) is 24.3 Å². The molecule has 1 aromatic rings. The van der Waals surface area contributed by atoms with Crippen molar-refractivity contribution in [1.29, 1.82) is 0 Å². The molecule has 0 unspecified atom stereocenters. The van der Waals surface area contributed by atoms with E-state index in [1.54, 1.807) is 0 Å². The highest BCUT2D eigenvalue weighted by Gasteiger charge is 2.08. The first kappa shape index (κ1) is 12.9. The van der Waals surface area contributed by atoms with Crippen LogP contribution < -0.4 is 10.2 Å². The van der Waals surface area contributed by atoms with Gasteiger partial charge < -0.3 is 10.2 Å². The van der Waals surface area contributed by atoms with Crippen LogP contribution in [0.2, 0.25) is 0 Å². The van der Waals surface area contributed by atoms with Crippen LogP contribution in [0, 0.1) is 0 Å². The summed E-state index contributed by atoms with van der Waals surface area (Å²) in [6, 6.07) is 9.11. The Morgan fingerprint density at radius 1 is 1.12 bits per heavy atom. The van der Waals surface area contributed by atoms with Crippen LogP contribution in [0.5, 0.6) is 0 Å². The molecule has 0 aliphatic heterocycles. The maximum atomic E-state index is 3.62. The first-order valence-electron chi connectivity index (χ1n) is 6.29. The summed E-state index contributed by atoms with van der Waals surface area (Å²) in [7, 11) is 2.13. The molecule has 2 heteroatoms. The average Bonchev–Trinajstić information content (AvgIpc) is 2.35. The minimum atomic E-state index is 0.575. The summed E-state index contributed by atoms with van der Waals surface area (Å²) in [6.07, 6.45) is 2.33. The second kappa shape index (κ2) is 6.41. The lowest BCUT2D eigenvalue weighted by Crippen LogP contribution is -2.21. The summed E-state index contributed by atoms with van der Waals surface area (Å²) < 4.78 is 0. The number of para-hydroxylation sites is 2. The van der Waals surface area contributed by atoms with Gasteiger partial charge in [-0.3, -0.25) is 0 Å². The van der Waals surface area contributed by atoms with Gasteiger partial charge in [-0.05, 0) is 31.9 Å². The quantitative estimate of drug-likeness (QED) is 0.785. The van der Waals surface area contributed by atoms with E-state index in [-0.39, 0.29) is 0 Å². The van der Waals surface area contributed by atoms with Crippen LogP contribution in [0.4, 0.5) is 11.4 Å². The van der Waals surface area contributed by atoms with Crippen molar-refractivity contribution in [3.8, 4) is 0 Å². The van der Waals surface area contributed by atoms with E-state index >= 15 is 0 Å². The molecule has 0 amide bonds. The first-order chi connectivity index (χ1) is 7.72. The molecule has 16 heavy (non-hydrogen) atoms. The molecule has 0 fully saturated rings. The number of rotatable bonds is 6. The van der Waals surface area contributed by atoms with Gasteiger partial charge in [0.2, 0.25) is 0 Å². The Balaban J connectivity index is 2.86. The standard InChI is InChI=1S/C14H24N2/c1-5-12(6-2)15-13-10-8-9-11-14(13)16(4)7-3/h8-12,15H,5-7H2,1-4H3. The van der Waals surface area contributed by atoms with Crippen molar-refractivity contribution in [2.75, 3.05) is 23.8 Å². The van der Waals surface area contributed by atoms with E-state index in [0.717, 1.165) is 6.54 Å². The van der Waals surface area contributed by atoms with E-state index < -0.39 is 0 Å². The van der Waals surface area contributed by atoms with Gasteiger partial charge in [0.25, 0.3) is 0 Å². The monoisotopic (exact) mass is 220 g/mol. The third-order valence-corrected chi connectivity index (χ3v) is 3.13. The zero-order valence-electron chi connectivity index (χ0n) is 11.0. The van der Waals surface area contributed by atoms with Crippen molar-refractivity contribution >= 4 is 11.4 Å². The van der Waals surface area contributed by atoms with Crippen LogP contribution in [0.15, 0.2) is 24.3 Å². The van der Waals surface area contributed by atoms with E-state index in [2.05, 4.69) is 62.3 Å². The van der Waals surface area contributed by atoms with Crippen LogP contribution in [0.3, 0.4) is 0 Å². The van der Waals surface area contributed by atoms with Crippen LogP contribution in [0.25, 0.3) is 0 Å². The fourth-order valence-electron chi connectivity index (χ4n) is 1.81. The molecule has 0 aliphatic rings. The van der Waals surface area contributed by atoms with E-state index in [9.17, 15) is 0 Å². The molecule has 1 aromatic carbocycles. The summed E-state index contributed by atoms with van der Waals surface area (Å²) >= 11 is 0. The molecule has 0 aromatic heterocycles. The normalized spacial score (nSPS) is 10.6. The number of hydrogen-bond acceptors (Lipinski definition) is 2. The maximum absolute atomic E-state index is 3.62. The molecule has 0 spiro atoms. The SMILES string of the molecule is CCC(CC)Nc1ccccc1N(C)CC. The van der Waals surface area contributed by atoms with Crippen molar-refractivity contribution in [2.45, 2.75) is 39.7 Å². The van der Waals surface area contributed by atoms with Crippen LogP contribution in [-0.4, -0.2) is 19.6 Å². The highest BCUT2D eigenvalue weighted by Crippen LogP contribution is 2.25. The van der Waals surface area contributed by atoms with Crippen molar-refractivity contribution < 1.29 is 0 Å². The molecular weight excluding hydrogens is 196 g/mol.